The van der Waals surface area contributed by atoms with Gasteiger partial charge in [0.25, 0.3) is 11.5 Å². The van der Waals surface area contributed by atoms with E-state index in [4.69, 9.17) is 0 Å². The van der Waals surface area contributed by atoms with E-state index in [1.807, 2.05) is 0 Å². The van der Waals surface area contributed by atoms with Crippen LogP contribution < -0.4 is 10.9 Å². The maximum atomic E-state index is 12.5. The summed E-state index contributed by atoms with van der Waals surface area (Å²) >= 11 is 0. The molecular formula is C20H26N4O4. The fraction of sp³-hybridized carbons (Fsp3) is 0.500. The van der Waals surface area contributed by atoms with Gasteiger partial charge in [0.15, 0.2) is 5.69 Å². The summed E-state index contributed by atoms with van der Waals surface area (Å²) < 4.78 is 0. The number of para-hydroxylation sites is 2. The van der Waals surface area contributed by atoms with Gasteiger partial charge in [-0.15, -0.1) is 0 Å². The first-order valence-corrected chi connectivity index (χ1v) is 9.63. The Bertz CT molecular complexity index is 910. The van der Waals surface area contributed by atoms with Crippen molar-refractivity contribution in [3.63, 3.8) is 0 Å². The molecule has 2 atom stereocenters. The number of carbonyl (C=O) groups is 2. The van der Waals surface area contributed by atoms with E-state index in [1.165, 1.54) is 4.90 Å². The van der Waals surface area contributed by atoms with Crippen LogP contribution >= 0.6 is 0 Å². The fourth-order valence-corrected chi connectivity index (χ4v) is 3.60. The molecule has 1 heterocycles. The van der Waals surface area contributed by atoms with Gasteiger partial charge in [0.1, 0.15) is 0 Å². The Labute approximate surface area is 163 Å². The minimum Gasteiger partial charge on any atom is -0.393 e. The molecule has 1 aromatic heterocycles. The highest BCUT2D eigenvalue weighted by molar-refractivity contribution is 5.93. The van der Waals surface area contributed by atoms with E-state index in [2.05, 4.69) is 15.3 Å². The molecule has 2 unspecified atom stereocenters. The average molecular weight is 386 g/mol. The highest BCUT2D eigenvalue weighted by Gasteiger charge is 2.22. The number of hydrogen-bond acceptors (Lipinski definition) is 5. The van der Waals surface area contributed by atoms with Crippen LogP contribution in [0, 0.1) is 5.92 Å². The van der Waals surface area contributed by atoms with Crippen molar-refractivity contribution in [1.82, 2.24) is 20.2 Å². The van der Waals surface area contributed by atoms with Crippen LogP contribution in [-0.2, 0) is 4.79 Å². The van der Waals surface area contributed by atoms with Crippen molar-refractivity contribution in [2.45, 2.75) is 38.2 Å². The summed E-state index contributed by atoms with van der Waals surface area (Å²) in [6.45, 7) is 0.563. The van der Waals surface area contributed by atoms with Crippen molar-refractivity contribution in [2.75, 3.05) is 20.1 Å². The Morgan fingerprint density at radius 3 is 2.89 bits per heavy atom. The van der Waals surface area contributed by atoms with E-state index in [0.717, 1.165) is 19.3 Å². The van der Waals surface area contributed by atoms with Crippen LogP contribution in [-0.4, -0.2) is 58.0 Å². The quantitative estimate of drug-likeness (QED) is 0.686. The van der Waals surface area contributed by atoms with E-state index in [1.54, 1.807) is 31.3 Å². The van der Waals surface area contributed by atoms with Gasteiger partial charge in [0.2, 0.25) is 5.91 Å². The molecule has 28 heavy (non-hydrogen) atoms. The summed E-state index contributed by atoms with van der Waals surface area (Å²) in [7, 11) is 1.57. The molecule has 1 aliphatic rings. The number of likely N-dealkylation sites (N-methyl/N-ethyl adjacent to an activating group) is 1. The van der Waals surface area contributed by atoms with Crippen molar-refractivity contribution >= 4 is 22.8 Å². The van der Waals surface area contributed by atoms with E-state index >= 15 is 0 Å². The Balaban J connectivity index is 1.51. The van der Waals surface area contributed by atoms with Crippen LogP contribution in [0.4, 0.5) is 0 Å². The lowest BCUT2D eigenvalue weighted by Crippen LogP contribution is -2.39. The number of amides is 2. The number of H-pyrrole nitrogens is 1. The fourth-order valence-electron chi connectivity index (χ4n) is 3.60. The second-order valence-electron chi connectivity index (χ2n) is 7.40. The SMILES string of the molecule is CN(CCNC(=O)CC1CCCC(O)C1)C(=O)c1nc2ccccc2[nH]c1=O. The molecule has 0 saturated heterocycles. The molecular weight excluding hydrogens is 360 g/mol. The monoisotopic (exact) mass is 386 g/mol. The van der Waals surface area contributed by atoms with Crippen molar-refractivity contribution in [2.24, 2.45) is 5.92 Å². The lowest BCUT2D eigenvalue weighted by molar-refractivity contribution is -0.122. The molecule has 0 aliphatic heterocycles. The van der Waals surface area contributed by atoms with Crippen LogP contribution in [0.25, 0.3) is 11.0 Å². The highest BCUT2D eigenvalue weighted by atomic mass is 16.3. The van der Waals surface area contributed by atoms with Crippen LogP contribution in [0.15, 0.2) is 29.1 Å². The Morgan fingerprint density at radius 2 is 2.11 bits per heavy atom. The third-order valence-electron chi connectivity index (χ3n) is 5.15. The third-order valence-corrected chi connectivity index (χ3v) is 5.15. The summed E-state index contributed by atoms with van der Waals surface area (Å²) in [5.74, 6) is -0.359. The number of nitrogens with zero attached hydrogens (tertiary/aromatic N) is 2. The van der Waals surface area contributed by atoms with Crippen LogP contribution in [0.3, 0.4) is 0 Å². The average Bonchev–Trinajstić information content (AvgIpc) is 2.66. The molecule has 1 saturated carbocycles. The maximum Gasteiger partial charge on any atom is 0.280 e. The highest BCUT2D eigenvalue weighted by Crippen LogP contribution is 2.26. The van der Waals surface area contributed by atoms with E-state index in [0.29, 0.717) is 30.4 Å². The molecule has 8 heteroatoms. The predicted molar refractivity (Wildman–Crippen MR) is 105 cm³/mol. The smallest absolute Gasteiger partial charge is 0.280 e. The first-order chi connectivity index (χ1) is 13.4. The molecule has 2 aromatic rings. The normalized spacial score (nSPS) is 19.4. The standard InChI is InChI=1S/C20H26N4O4/c1-24(10-9-21-17(26)12-13-5-4-6-14(25)11-13)20(28)18-19(27)23-16-8-3-2-7-15(16)22-18/h2-3,7-8,13-14,25H,4-6,9-12H2,1H3,(H,21,26)(H,23,27). The summed E-state index contributed by atoms with van der Waals surface area (Å²) in [5.41, 5.74) is 0.424. The zero-order valence-corrected chi connectivity index (χ0v) is 16.0. The zero-order chi connectivity index (χ0) is 20.1. The van der Waals surface area contributed by atoms with Gasteiger partial charge in [-0.2, -0.15) is 0 Å². The number of aromatic nitrogens is 2. The molecule has 1 aliphatic carbocycles. The number of nitrogens with one attached hydrogen (secondary N) is 2. The number of carbonyl (C=O) groups excluding carboxylic acids is 2. The number of aromatic amines is 1. The first-order valence-electron chi connectivity index (χ1n) is 9.63. The topological polar surface area (TPSA) is 115 Å². The van der Waals surface area contributed by atoms with Gasteiger partial charge in [0.05, 0.1) is 17.1 Å². The minimum atomic E-state index is -0.532. The Hall–Kier alpha value is -2.74. The molecule has 3 rings (SSSR count). The van der Waals surface area contributed by atoms with Gasteiger partial charge in [0, 0.05) is 26.6 Å². The molecule has 8 nitrogen and oxygen atoms in total. The van der Waals surface area contributed by atoms with E-state index < -0.39 is 11.5 Å². The van der Waals surface area contributed by atoms with E-state index in [9.17, 15) is 19.5 Å². The maximum absolute atomic E-state index is 12.5. The van der Waals surface area contributed by atoms with Crippen molar-refractivity contribution in [3.05, 3.63) is 40.3 Å². The number of rotatable bonds is 6. The second kappa shape index (κ2) is 8.97. The van der Waals surface area contributed by atoms with Gasteiger partial charge in [-0.25, -0.2) is 4.98 Å². The minimum absolute atomic E-state index is 0.0818. The molecule has 0 radical (unpaired) electrons. The molecule has 2 amide bonds. The number of aliphatic hydroxyl groups is 1. The number of aliphatic hydroxyl groups excluding tert-OH is 1. The first kappa shape index (κ1) is 20.0. The lowest BCUT2D eigenvalue weighted by atomic mass is 9.85. The molecule has 150 valence electrons. The number of fused-ring (bicyclic) bond motifs is 1. The Kier molecular flexibility index (Phi) is 6.41. The lowest BCUT2D eigenvalue weighted by Gasteiger charge is -2.25. The van der Waals surface area contributed by atoms with E-state index in [-0.39, 0.29) is 30.2 Å². The van der Waals surface area contributed by atoms with Crippen LogP contribution in [0.1, 0.15) is 42.6 Å². The van der Waals surface area contributed by atoms with Gasteiger partial charge in [-0.1, -0.05) is 18.6 Å². The number of benzene rings is 1. The van der Waals surface area contributed by atoms with Crippen LogP contribution in [0.5, 0.6) is 0 Å². The number of hydrogen-bond donors (Lipinski definition) is 3. The van der Waals surface area contributed by atoms with Gasteiger partial charge in [-0.05, 0) is 37.3 Å². The van der Waals surface area contributed by atoms with Crippen LogP contribution in [0.2, 0.25) is 0 Å². The summed E-state index contributed by atoms with van der Waals surface area (Å²) in [6.07, 6.45) is 3.47. The molecule has 1 aromatic carbocycles. The summed E-state index contributed by atoms with van der Waals surface area (Å²) in [5, 5.41) is 12.5. The molecule has 3 N–H and O–H groups in total. The Morgan fingerprint density at radius 1 is 1.32 bits per heavy atom. The molecule has 0 spiro atoms. The second-order valence-corrected chi connectivity index (χ2v) is 7.40. The predicted octanol–water partition coefficient (Wildman–Crippen LogP) is 1.05. The largest absolute Gasteiger partial charge is 0.393 e. The van der Waals surface area contributed by atoms with Gasteiger partial charge >= 0.3 is 0 Å². The zero-order valence-electron chi connectivity index (χ0n) is 16.0. The molecule has 0 bridgehead atoms. The van der Waals surface area contributed by atoms with Gasteiger partial charge < -0.3 is 20.3 Å². The molecule has 1 fully saturated rings. The van der Waals surface area contributed by atoms with Crippen molar-refractivity contribution in [1.29, 1.82) is 0 Å². The van der Waals surface area contributed by atoms with Crippen molar-refractivity contribution < 1.29 is 14.7 Å². The summed E-state index contributed by atoms with van der Waals surface area (Å²) in [6, 6.07) is 7.02. The van der Waals surface area contributed by atoms with Gasteiger partial charge in [-0.3, -0.25) is 14.4 Å². The third kappa shape index (κ3) is 4.95. The van der Waals surface area contributed by atoms with Crippen molar-refractivity contribution in [3.8, 4) is 0 Å². The summed E-state index contributed by atoms with van der Waals surface area (Å²) in [4.78, 5) is 45.0.